The quantitative estimate of drug-likeness (QED) is 0.711. The number of carbonyl (C=O) groups excluding carboxylic acids is 1. The molecule has 0 spiro atoms. The number of ether oxygens (including phenoxy) is 3. The number of hydrogen-bond donors (Lipinski definition) is 1. The smallest absolute Gasteiger partial charge is 0.338 e. The molecule has 3 aliphatic rings. The minimum atomic E-state index is -0.662. The molecule has 0 aliphatic carbocycles. The number of carbonyl (C=O) groups is 1. The molecular weight excluding hydrogens is 428 g/mol. The Labute approximate surface area is 188 Å². The number of aliphatic imine (C=N–C) groups is 1. The summed E-state index contributed by atoms with van der Waals surface area (Å²) in [5.74, 6) is 0.944. The van der Waals surface area contributed by atoms with E-state index in [0.29, 0.717) is 32.8 Å². The molecule has 5 rings (SSSR count). The van der Waals surface area contributed by atoms with Crippen LogP contribution in [0.25, 0.3) is 5.70 Å². The van der Waals surface area contributed by atoms with E-state index in [4.69, 9.17) is 24.9 Å². The third-order valence-electron chi connectivity index (χ3n) is 5.24. The number of thioether (sulfide) groups is 1. The van der Waals surface area contributed by atoms with Gasteiger partial charge in [0.15, 0.2) is 16.7 Å². The SMILES string of the molecule is CCOC(=O)C1=C(c2ccccc2)N=C2SC(C#N)=C(N)N2[C@H]1c1ccc2c(c1)OCO2. The maximum Gasteiger partial charge on any atom is 0.338 e. The topological polar surface area (TPSA) is 110 Å². The van der Waals surface area contributed by atoms with E-state index in [9.17, 15) is 10.1 Å². The fourth-order valence-electron chi connectivity index (χ4n) is 3.86. The largest absolute Gasteiger partial charge is 0.463 e. The molecule has 0 bridgehead atoms. The van der Waals surface area contributed by atoms with Crippen LogP contribution in [-0.2, 0) is 9.53 Å². The zero-order chi connectivity index (χ0) is 22.2. The second-order valence-corrected chi connectivity index (χ2v) is 8.03. The zero-order valence-corrected chi connectivity index (χ0v) is 17.9. The van der Waals surface area contributed by atoms with Crippen LogP contribution >= 0.6 is 11.8 Å². The van der Waals surface area contributed by atoms with E-state index < -0.39 is 12.0 Å². The highest BCUT2D eigenvalue weighted by Crippen LogP contribution is 2.48. The van der Waals surface area contributed by atoms with Gasteiger partial charge < -0.3 is 19.9 Å². The Morgan fingerprint density at radius 2 is 2.06 bits per heavy atom. The van der Waals surface area contributed by atoms with Gasteiger partial charge in [-0.3, -0.25) is 4.90 Å². The Bertz CT molecular complexity index is 1250. The van der Waals surface area contributed by atoms with Gasteiger partial charge in [0.1, 0.15) is 16.8 Å². The predicted octanol–water partition coefficient (Wildman–Crippen LogP) is 3.50. The summed E-state index contributed by atoms with van der Waals surface area (Å²) in [6.45, 7) is 2.09. The molecule has 2 N–H and O–H groups in total. The first-order valence-corrected chi connectivity index (χ1v) is 10.8. The number of esters is 1. The van der Waals surface area contributed by atoms with Crippen LogP contribution < -0.4 is 15.2 Å². The van der Waals surface area contributed by atoms with Crippen molar-refractivity contribution < 1.29 is 19.0 Å². The maximum absolute atomic E-state index is 13.3. The van der Waals surface area contributed by atoms with Gasteiger partial charge in [0.05, 0.1) is 23.9 Å². The molecule has 2 aromatic carbocycles. The number of nitrogens with zero attached hydrogens (tertiary/aromatic N) is 3. The summed E-state index contributed by atoms with van der Waals surface area (Å²) in [5, 5.41) is 10.1. The molecule has 0 fully saturated rings. The minimum Gasteiger partial charge on any atom is -0.463 e. The van der Waals surface area contributed by atoms with Crippen LogP contribution in [0.4, 0.5) is 0 Å². The first-order chi connectivity index (χ1) is 15.6. The number of fused-ring (bicyclic) bond motifs is 2. The Morgan fingerprint density at radius 3 is 2.81 bits per heavy atom. The minimum absolute atomic E-state index is 0.131. The average Bonchev–Trinajstić information content (AvgIpc) is 3.42. The molecule has 0 saturated carbocycles. The van der Waals surface area contributed by atoms with Gasteiger partial charge in [0, 0.05) is 5.56 Å². The zero-order valence-electron chi connectivity index (χ0n) is 17.1. The summed E-state index contributed by atoms with van der Waals surface area (Å²) < 4.78 is 16.4. The molecule has 160 valence electrons. The number of hydrogen-bond acceptors (Lipinski definition) is 9. The van der Waals surface area contributed by atoms with E-state index >= 15 is 0 Å². The van der Waals surface area contributed by atoms with E-state index in [1.54, 1.807) is 17.9 Å². The molecule has 3 heterocycles. The number of benzene rings is 2. The lowest BCUT2D eigenvalue weighted by atomic mass is 9.91. The molecule has 32 heavy (non-hydrogen) atoms. The van der Waals surface area contributed by atoms with Crippen molar-refractivity contribution in [3.63, 3.8) is 0 Å². The molecular formula is C23H18N4O4S. The summed E-state index contributed by atoms with van der Waals surface area (Å²) in [5.41, 5.74) is 8.68. The normalized spacial score (nSPS) is 18.9. The van der Waals surface area contributed by atoms with Crippen LogP contribution in [0.1, 0.15) is 24.1 Å². The first kappa shape index (κ1) is 20.0. The van der Waals surface area contributed by atoms with Crippen molar-refractivity contribution in [3.8, 4) is 17.6 Å². The summed E-state index contributed by atoms with van der Waals surface area (Å²) in [4.78, 5) is 20.1. The molecule has 0 radical (unpaired) electrons. The molecule has 1 atom stereocenters. The van der Waals surface area contributed by atoms with Crippen LogP contribution in [-0.4, -0.2) is 29.4 Å². The van der Waals surface area contributed by atoms with Crippen LogP contribution in [0.5, 0.6) is 11.5 Å². The van der Waals surface area contributed by atoms with Crippen molar-refractivity contribution in [3.05, 3.63) is 76.0 Å². The van der Waals surface area contributed by atoms with E-state index in [-0.39, 0.29) is 19.2 Å². The van der Waals surface area contributed by atoms with Gasteiger partial charge in [-0.2, -0.15) is 5.26 Å². The predicted molar refractivity (Wildman–Crippen MR) is 119 cm³/mol. The molecule has 0 saturated heterocycles. The standard InChI is InChI=1S/C23H18N4O4S/c1-2-29-22(28)18-19(13-6-4-3-5-7-13)26-23-27(21(25)17(11-24)32-23)20(18)14-8-9-15-16(10-14)31-12-30-15/h3-10,20H,2,12,25H2,1H3/t20-/m0/s1. The van der Waals surface area contributed by atoms with Crippen LogP contribution in [0.3, 0.4) is 0 Å². The summed E-state index contributed by atoms with van der Waals surface area (Å²) in [6, 6.07) is 16.3. The molecule has 0 unspecified atom stereocenters. The van der Waals surface area contributed by atoms with E-state index in [2.05, 4.69) is 6.07 Å². The third-order valence-corrected chi connectivity index (χ3v) is 6.22. The molecule has 0 amide bonds. The Hall–Kier alpha value is -3.90. The third kappa shape index (κ3) is 3.16. The van der Waals surface area contributed by atoms with Crippen LogP contribution in [0, 0.1) is 11.3 Å². The van der Waals surface area contributed by atoms with Crippen molar-refractivity contribution in [1.82, 2.24) is 4.90 Å². The highest BCUT2D eigenvalue weighted by Gasteiger charge is 2.44. The van der Waals surface area contributed by atoms with Gasteiger partial charge in [-0.1, -0.05) is 36.4 Å². The van der Waals surface area contributed by atoms with Crippen molar-refractivity contribution >= 4 is 28.6 Å². The van der Waals surface area contributed by atoms with Gasteiger partial charge in [0.2, 0.25) is 6.79 Å². The van der Waals surface area contributed by atoms with Gasteiger partial charge >= 0.3 is 5.97 Å². The van der Waals surface area contributed by atoms with Crippen LogP contribution in [0.15, 0.2) is 69.8 Å². The number of amidine groups is 1. The van der Waals surface area contributed by atoms with Crippen LogP contribution in [0.2, 0.25) is 0 Å². The highest BCUT2D eigenvalue weighted by atomic mass is 32.2. The van der Waals surface area contributed by atoms with E-state index in [1.165, 1.54) is 11.8 Å². The van der Waals surface area contributed by atoms with Crippen molar-refractivity contribution in [2.75, 3.05) is 13.4 Å². The maximum atomic E-state index is 13.3. The fraction of sp³-hybridized carbons (Fsp3) is 0.174. The molecule has 2 aromatic rings. The lowest BCUT2D eigenvalue weighted by Crippen LogP contribution is -2.38. The molecule has 8 nitrogen and oxygen atoms in total. The van der Waals surface area contributed by atoms with Gasteiger partial charge in [-0.05, 0) is 36.4 Å². The lowest BCUT2D eigenvalue weighted by molar-refractivity contribution is -0.139. The number of allylic oxidation sites excluding steroid dienone is 1. The number of rotatable bonds is 4. The summed E-state index contributed by atoms with van der Waals surface area (Å²) in [7, 11) is 0. The fourth-order valence-corrected chi connectivity index (χ4v) is 4.73. The van der Waals surface area contributed by atoms with E-state index in [1.807, 2.05) is 42.5 Å². The second kappa shape index (κ2) is 7.98. The number of nitrogens with two attached hydrogens (primary N) is 1. The molecule has 3 aliphatic heterocycles. The van der Waals surface area contributed by atoms with Gasteiger partial charge in [0.25, 0.3) is 0 Å². The van der Waals surface area contributed by atoms with Gasteiger partial charge in [-0.15, -0.1) is 0 Å². The molecule has 0 aromatic heterocycles. The summed E-state index contributed by atoms with van der Waals surface area (Å²) in [6.07, 6.45) is 0. The van der Waals surface area contributed by atoms with Crippen molar-refractivity contribution in [1.29, 1.82) is 5.26 Å². The summed E-state index contributed by atoms with van der Waals surface area (Å²) >= 11 is 1.18. The van der Waals surface area contributed by atoms with Crippen molar-refractivity contribution in [2.24, 2.45) is 10.7 Å². The highest BCUT2D eigenvalue weighted by molar-refractivity contribution is 8.17. The monoisotopic (exact) mass is 446 g/mol. The van der Waals surface area contributed by atoms with Crippen molar-refractivity contribution in [2.45, 2.75) is 13.0 Å². The Kier molecular flexibility index (Phi) is 4.99. The Morgan fingerprint density at radius 1 is 1.28 bits per heavy atom. The first-order valence-electron chi connectivity index (χ1n) is 9.94. The number of nitriles is 1. The average molecular weight is 446 g/mol. The second-order valence-electron chi connectivity index (χ2n) is 7.06. The molecule has 9 heteroatoms. The van der Waals surface area contributed by atoms with E-state index in [0.717, 1.165) is 11.1 Å². The van der Waals surface area contributed by atoms with Gasteiger partial charge in [-0.25, -0.2) is 9.79 Å². The lowest BCUT2D eigenvalue weighted by Gasteiger charge is -2.35. The Balaban J connectivity index is 1.76.